The molecule has 2 aliphatic heterocycles. The first-order valence-electron chi connectivity index (χ1n) is 9.77. The Kier molecular flexibility index (Phi) is 4.14. The van der Waals surface area contributed by atoms with E-state index in [2.05, 4.69) is 18.7 Å². The first-order valence-corrected chi connectivity index (χ1v) is 9.77. The molecular weight excluding hydrogens is 314 g/mol. The van der Waals surface area contributed by atoms with Crippen LogP contribution in [0.1, 0.15) is 46.5 Å². The van der Waals surface area contributed by atoms with Crippen molar-refractivity contribution in [3.8, 4) is 0 Å². The Morgan fingerprint density at radius 3 is 2.88 bits per heavy atom. The van der Waals surface area contributed by atoms with Crippen molar-refractivity contribution >= 4 is 11.8 Å². The van der Waals surface area contributed by atoms with E-state index in [0.29, 0.717) is 5.92 Å². The average molecular weight is 343 g/mol. The highest BCUT2D eigenvalue weighted by atomic mass is 16.6. The number of ketones is 1. The van der Waals surface area contributed by atoms with Gasteiger partial charge in [0.05, 0.1) is 5.92 Å². The minimum atomic E-state index is -0.202. The molecule has 4 aliphatic rings. The van der Waals surface area contributed by atoms with Gasteiger partial charge >= 0.3 is 5.97 Å². The van der Waals surface area contributed by atoms with E-state index >= 15 is 0 Å². The van der Waals surface area contributed by atoms with Gasteiger partial charge in [0.25, 0.3) is 0 Å². The Balaban J connectivity index is 1.58. The molecule has 2 aliphatic carbocycles. The number of hydrogen-bond donors (Lipinski definition) is 0. The summed E-state index contributed by atoms with van der Waals surface area (Å²) in [5.74, 6) is 0.906. The lowest BCUT2D eigenvalue weighted by Crippen LogP contribution is -2.43. The van der Waals surface area contributed by atoms with Crippen LogP contribution in [0.5, 0.6) is 0 Å². The maximum Gasteiger partial charge on any atom is 0.311 e. The summed E-state index contributed by atoms with van der Waals surface area (Å²) in [5.41, 5.74) is 1.73. The number of carbonyl (C=O) groups is 2. The van der Waals surface area contributed by atoms with Gasteiger partial charge in [-0.15, -0.1) is 0 Å². The van der Waals surface area contributed by atoms with E-state index in [1.165, 1.54) is 12.8 Å². The van der Waals surface area contributed by atoms with Crippen LogP contribution >= 0.6 is 0 Å². The van der Waals surface area contributed by atoms with Crippen LogP contribution in [0.4, 0.5) is 0 Å². The van der Waals surface area contributed by atoms with Crippen molar-refractivity contribution in [1.29, 1.82) is 0 Å². The van der Waals surface area contributed by atoms with Crippen LogP contribution in [0.15, 0.2) is 23.3 Å². The smallest absolute Gasteiger partial charge is 0.311 e. The Bertz CT molecular complexity index is 664. The molecule has 1 saturated carbocycles. The quantitative estimate of drug-likeness (QED) is 0.723. The van der Waals surface area contributed by atoms with Crippen LogP contribution in [-0.2, 0) is 14.3 Å². The predicted octanol–water partition coefficient (Wildman–Crippen LogP) is 3.13. The molecule has 25 heavy (non-hydrogen) atoms. The van der Waals surface area contributed by atoms with E-state index in [-0.39, 0.29) is 35.1 Å². The molecule has 0 aromatic rings. The third kappa shape index (κ3) is 2.79. The monoisotopic (exact) mass is 343 g/mol. The summed E-state index contributed by atoms with van der Waals surface area (Å²) in [6, 6.07) is 0. The second kappa shape index (κ2) is 6.08. The molecule has 3 fully saturated rings. The normalized spacial score (nSPS) is 41.6. The fraction of sp³-hybridized carbons (Fsp3) is 0.714. The lowest BCUT2D eigenvalue weighted by atomic mass is 9.61. The molecule has 0 radical (unpaired) electrons. The second-order valence-corrected chi connectivity index (χ2v) is 8.83. The van der Waals surface area contributed by atoms with Gasteiger partial charge in [0.1, 0.15) is 6.10 Å². The number of ether oxygens (including phenoxy) is 1. The maximum absolute atomic E-state index is 12.7. The van der Waals surface area contributed by atoms with Gasteiger partial charge in [-0.25, -0.2) is 0 Å². The molecule has 0 unspecified atom stereocenters. The first-order chi connectivity index (χ1) is 11.9. The molecule has 0 amide bonds. The van der Waals surface area contributed by atoms with Gasteiger partial charge in [-0.2, -0.15) is 0 Å². The molecule has 4 rings (SSSR count). The van der Waals surface area contributed by atoms with Gasteiger partial charge in [0.15, 0.2) is 5.78 Å². The van der Waals surface area contributed by atoms with Gasteiger partial charge in [-0.1, -0.05) is 19.9 Å². The number of carbonyl (C=O) groups excluding carboxylic acids is 2. The summed E-state index contributed by atoms with van der Waals surface area (Å²) in [6.07, 6.45) is 8.02. The van der Waals surface area contributed by atoms with E-state index in [4.69, 9.17) is 4.74 Å². The summed E-state index contributed by atoms with van der Waals surface area (Å²) < 4.78 is 5.89. The van der Waals surface area contributed by atoms with E-state index in [1.807, 2.05) is 13.0 Å². The Hall–Kier alpha value is -1.42. The van der Waals surface area contributed by atoms with E-state index in [1.54, 1.807) is 6.08 Å². The minimum Gasteiger partial charge on any atom is -0.457 e. The van der Waals surface area contributed by atoms with Crippen LogP contribution in [0.3, 0.4) is 0 Å². The molecule has 0 aromatic carbocycles. The number of likely N-dealkylation sites (tertiary alicyclic amines) is 1. The lowest BCUT2D eigenvalue weighted by Gasteiger charge is -2.43. The number of nitrogens with zero attached hydrogens (tertiary/aromatic N) is 1. The van der Waals surface area contributed by atoms with Gasteiger partial charge < -0.3 is 9.64 Å². The molecule has 0 spiro atoms. The van der Waals surface area contributed by atoms with Crippen molar-refractivity contribution in [2.24, 2.45) is 23.2 Å². The topological polar surface area (TPSA) is 46.6 Å². The number of allylic oxidation sites excluding steroid dienone is 3. The fourth-order valence-corrected chi connectivity index (χ4v) is 5.51. The highest BCUT2D eigenvalue weighted by molar-refractivity contribution is 6.05. The van der Waals surface area contributed by atoms with Gasteiger partial charge in [-0.05, 0) is 56.7 Å². The Labute approximate surface area is 150 Å². The molecule has 2 heterocycles. The lowest BCUT2D eigenvalue weighted by molar-refractivity contribution is -0.144. The third-order valence-electron chi connectivity index (χ3n) is 6.92. The maximum atomic E-state index is 12.7. The molecule has 136 valence electrons. The summed E-state index contributed by atoms with van der Waals surface area (Å²) >= 11 is 0. The van der Waals surface area contributed by atoms with Crippen LogP contribution < -0.4 is 0 Å². The SMILES string of the molecule is CC1=C2[C@H]3OC(=O)[C@H](CN4CCC[C@@H](C)C4)[C@@H]3CC[C@@]2(C)C=CC1=O. The molecule has 4 heteroatoms. The summed E-state index contributed by atoms with van der Waals surface area (Å²) in [7, 11) is 0. The molecular formula is C21H29NO3. The van der Waals surface area contributed by atoms with Crippen LogP contribution in [-0.4, -0.2) is 42.4 Å². The number of piperidine rings is 1. The van der Waals surface area contributed by atoms with Crippen molar-refractivity contribution < 1.29 is 14.3 Å². The van der Waals surface area contributed by atoms with Crippen LogP contribution in [0.25, 0.3) is 0 Å². The number of fused-ring (bicyclic) bond motifs is 3. The number of esters is 1. The molecule has 0 N–H and O–H groups in total. The van der Waals surface area contributed by atoms with Gasteiger partial charge in [0, 0.05) is 30.0 Å². The van der Waals surface area contributed by atoms with Crippen LogP contribution in [0.2, 0.25) is 0 Å². The van der Waals surface area contributed by atoms with Crippen molar-refractivity contribution in [2.75, 3.05) is 19.6 Å². The standard InChI is InChI=1S/C21H29NO3/c1-13-5-4-10-22(11-13)12-16-15-6-8-21(3)9-7-17(23)14(2)18(21)19(15)25-20(16)24/h7,9,13,15-16,19H,4-6,8,10-12H2,1-3H3/t13-,15+,16-,19+,21+/m1/s1. The zero-order valence-corrected chi connectivity index (χ0v) is 15.6. The summed E-state index contributed by atoms with van der Waals surface area (Å²) in [4.78, 5) is 27.3. The number of hydrogen-bond acceptors (Lipinski definition) is 4. The molecule has 0 aromatic heterocycles. The molecule has 0 bridgehead atoms. The zero-order chi connectivity index (χ0) is 17.8. The number of rotatable bonds is 2. The van der Waals surface area contributed by atoms with E-state index in [9.17, 15) is 9.59 Å². The highest BCUT2D eigenvalue weighted by Gasteiger charge is 2.54. The van der Waals surface area contributed by atoms with Crippen LogP contribution in [0, 0.1) is 23.2 Å². The van der Waals surface area contributed by atoms with E-state index in [0.717, 1.165) is 43.6 Å². The summed E-state index contributed by atoms with van der Waals surface area (Å²) in [6.45, 7) is 9.36. The average Bonchev–Trinajstić information content (AvgIpc) is 2.87. The second-order valence-electron chi connectivity index (χ2n) is 8.83. The minimum absolute atomic E-state index is 0.0406. The molecule has 2 saturated heterocycles. The van der Waals surface area contributed by atoms with Crippen molar-refractivity contribution in [2.45, 2.75) is 52.6 Å². The third-order valence-corrected chi connectivity index (χ3v) is 6.92. The molecule has 5 atom stereocenters. The molecule has 4 nitrogen and oxygen atoms in total. The largest absolute Gasteiger partial charge is 0.457 e. The predicted molar refractivity (Wildman–Crippen MR) is 95.9 cm³/mol. The Morgan fingerprint density at radius 1 is 1.32 bits per heavy atom. The zero-order valence-electron chi connectivity index (χ0n) is 15.6. The highest BCUT2D eigenvalue weighted by Crippen LogP contribution is 2.53. The van der Waals surface area contributed by atoms with E-state index < -0.39 is 0 Å². The van der Waals surface area contributed by atoms with Crippen molar-refractivity contribution in [3.05, 3.63) is 23.3 Å². The summed E-state index contributed by atoms with van der Waals surface area (Å²) in [5, 5.41) is 0. The fourth-order valence-electron chi connectivity index (χ4n) is 5.51. The van der Waals surface area contributed by atoms with Gasteiger partial charge in [0.2, 0.25) is 0 Å². The van der Waals surface area contributed by atoms with Gasteiger partial charge in [-0.3, -0.25) is 9.59 Å². The first kappa shape index (κ1) is 17.0. The van der Waals surface area contributed by atoms with Crippen molar-refractivity contribution in [3.63, 3.8) is 0 Å². The van der Waals surface area contributed by atoms with Crippen molar-refractivity contribution in [1.82, 2.24) is 4.90 Å². The Morgan fingerprint density at radius 2 is 2.12 bits per heavy atom.